The molecule has 2 unspecified atom stereocenters. The number of ketones is 1. The van der Waals surface area contributed by atoms with Crippen molar-refractivity contribution in [1.82, 2.24) is 10.6 Å². The number of thioether (sulfide) groups is 1. The molecule has 9 heteroatoms. The minimum Gasteiger partial charge on any atom is -0.454 e. The van der Waals surface area contributed by atoms with Crippen molar-refractivity contribution in [3.63, 3.8) is 0 Å². The van der Waals surface area contributed by atoms with Crippen molar-refractivity contribution in [2.75, 3.05) is 11.5 Å². The molecule has 5 N–H and O–H groups in total. The van der Waals surface area contributed by atoms with Gasteiger partial charge in [0.15, 0.2) is 0 Å². The maximum absolute atomic E-state index is 13.8. The van der Waals surface area contributed by atoms with Gasteiger partial charge < -0.3 is 26.2 Å². The molecule has 2 heterocycles. The number of fused-ring (bicyclic) bond motifs is 5. The van der Waals surface area contributed by atoms with Crippen LogP contribution < -0.4 is 21.1 Å². The molecule has 3 aliphatic rings. The number of amides is 2. The summed E-state index contributed by atoms with van der Waals surface area (Å²) >= 11 is 0.985. The summed E-state index contributed by atoms with van der Waals surface area (Å²) in [5.74, 6) is -2.56. The lowest BCUT2D eigenvalue weighted by atomic mass is 9.82. The zero-order valence-corrected chi connectivity index (χ0v) is 17.7. The molecule has 2 amide bonds. The Bertz CT molecular complexity index is 1170. The lowest BCUT2D eigenvalue weighted by Crippen LogP contribution is -2.62. The largest absolute Gasteiger partial charge is 0.454 e. The minimum atomic E-state index is -2.17. The van der Waals surface area contributed by atoms with Gasteiger partial charge in [0.05, 0.1) is 5.56 Å². The molecule has 3 atom stereocenters. The number of carbonyl (C=O) groups excluding carboxylic acids is 3. The van der Waals surface area contributed by atoms with Crippen LogP contribution in [-0.4, -0.2) is 33.8 Å². The average molecular weight is 439 g/mol. The summed E-state index contributed by atoms with van der Waals surface area (Å²) in [6.45, 7) is 4.04. The fourth-order valence-electron chi connectivity index (χ4n) is 4.54. The molecule has 0 spiro atoms. The average Bonchev–Trinajstić information content (AvgIpc) is 3.32. The number of nitrogen functional groups attached to an aromatic ring is 1. The normalized spacial score (nSPS) is 28.1. The number of nitrogens with one attached hydrogen (secondary N) is 2. The monoisotopic (exact) mass is 439 g/mol. The predicted molar refractivity (Wildman–Crippen MR) is 115 cm³/mol. The number of Topliss-reactive ketones (excluding diaryl/α,β-unsaturated/α-hetero) is 1. The van der Waals surface area contributed by atoms with Gasteiger partial charge in [-0.2, -0.15) is 0 Å². The number of aliphatic hydroxyl groups is 1. The van der Waals surface area contributed by atoms with E-state index in [1.165, 1.54) is 0 Å². The van der Waals surface area contributed by atoms with Crippen molar-refractivity contribution in [3.05, 3.63) is 58.7 Å². The Morgan fingerprint density at radius 3 is 2.74 bits per heavy atom. The third kappa shape index (κ3) is 2.50. The van der Waals surface area contributed by atoms with Gasteiger partial charge in [0.1, 0.15) is 11.8 Å². The van der Waals surface area contributed by atoms with E-state index in [-0.39, 0.29) is 33.7 Å². The Balaban J connectivity index is 1.69. The lowest BCUT2D eigenvalue weighted by molar-refractivity contribution is -0.175. The molecule has 0 bridgehead atoms. The van der Waals surface area contributed by atoms with Crippen LogP contribution in [0.25, 0.3) is 0 Å². The highest BCUT2D eigenvalue weighted by atomic mass is 32.2. The van der Waals surface area contributed by atoms with Gasteiger partial charge in [-0.05, 0) is 23.6 Å². The summed E-state index contributed by atoms with van der Waals surface area (Å²) < 4.78 is 6.02. The van der Waals surface area contributed by atoms with E-state index in [0.717, 1.165) is 17.3 Å². The van der Waals surface area contributed by atoms with Gasteiger partial charge in [-0.3, -0.25) is 14.4 Å². The van der Waals surface area contributed by atoms with Gasteiger partial charge in [-0.25, -0.2) is 0 Å². The number of hydrogen-bond donors (Lipinski definition) is 4. The molecular weight excluding hydrogens is 418 g/mol. The van der Waals surface area contributed by atoms with Gasteiger partial charge in [-0.15, -0.1) is 0 Å². The Labute approximate surface area is 182 Å². The molecule has 1 saturated heterocycles. The summed E-state index contributed by atoms with van der Waals surface area (Å²) in [6.07, 6.45) is 0. The standard InChI is InChI=1S/C22H21N3O5S/c1-10(2)11-6-7-12-16(8-11)30-22(29)13-4-3-5-14(23)17(13)18(26)21(12,22)25-19(27)15-9-31-20(28)24-15/h3-8,10,15,29H,9,23H2,1-2H3,(H,24,28)(H,25,27)/t15-,21?,22?/m0/s1. The molecule has 2 aliphatic heterocycles. The first-order valence-corrected chi connectivity index (χ1v) is 10.9. The maximum atomic E-state index is 13.8. The summed E-state index contributed by atoms with van der Waals surface area (Å²) in [7, 11) is 0. The second kappa shape index (κ2) is 6.48. The van der Waals surface area contributed by atoms with E-state index in [4.69, 9.17) is 10.5 Å². The van der Waals surface area contributed by atoms with Crippen molar-refractivity contribution in [2.45, 2.75) is 37.1 Å². The summed E-state index contributed by atoms with van der Waals surface area (Å²) in [6, 6.07) is 9.24. The van der Waals surface area contributed by atoms with Crippen LogP contribution in [-0.2, 0) is 16.1 Å². The number of hydrogen-bond acceptors (Lipinski definition) is 7. The third-order valence-corrected chi connectivity index (χ3v) is 7.05. The molecule has 8 nitrogen and oxygen atoms in total. The van der Waals surface area contributed by atoms with E-state index >= 15 is 0 Å². The van der Waals surface area contributed by atoms with E-state index in [9.17, 15) is 19.5 Å². The molecule has 1 fully saturated rings. The number of rotatable bonds is 3. The smallest absolute Gasteiger partial charge is 0.279 e. The fraction of sp³-hybridized carbons (Fsp3) is 0.318. The van der Waals surface area contributed by atoms with Crippen LogP contribution in [0.5, 0.6) is 5.75 Å². The Hall–Kier alpha value is -3.04. The first-order valence-electron chi connectivity index (χ1n) is 9.94. The van der Waals surface area contributed by atoms with Crippen LogP contribution in [0, 0.1) is 0 Å². The van der Waals surface area contributed by atoms with Crippen molar-refractivity contribution in [3.8, 4) is 5.75 Å². The van der Waals surface area contributed by atoms with Crippen LogP contribution >= 0.6 is 11.8 Å². The van der Waals surface area contributed by atoms with Crippen molar-refractivity contribution in [1.29, 1.82) is 0 Å². The van der Waals surface area contributed by atoms with Crippen LogP contribution in [0.1, 0.15) is 46.8 Å². The van der Waals surface area contributed by atoms with Crippen molar-refractivity contribution >= 4 is 34.4 Å². The molecule has 1 aliphatic carbocycles. The highest BCUT2D eigenvalue weighted by molar-refractivity contribution is 8.14. The van der Waals surface area contributed by atoms with Gasteiger partial charge in [0.2, 0.25) is 17.2 Å². The summed E-state index contributed by atoms with van der Waals surface area (Å²) in [4.78, 5) is 38.5. The second-order valence-electron chi connectivity index (χ2n) is 8.29. The second-order valence-corrected chi connectivity index (χ2v) is 9.28. The molecular formula is C22H21N3O5S. The van der Waals surface area contributed by atoms with Crippen molar-refractivity contribution < 1.29 is 24.2 Å². The molecule has 0 aromatic heterocycles. The quantitative estimate of drug-likeness (QED) is 0.538. The predicted octanol–water partition coefficient (Wildman–Crippen LogP) is 1.96. The zero-order chi connectivity index (χ0) is 22.1. The van der Waals surface area contributed by atoms with E-state index in [1.54, 1.807) is 30.3 Å². The first-order chi connectivity index (χ1) is 14.7. The zero-order valence-electron chi connectivity index (χ0n) is 16.9. The molecule has 0 radical (unpaired) electrons. The lowest BCUT2D eigenvalue weighted by Gasteiger charge is -2.35. The van der Waals surface area contributed by atoms with Gasteiger partial charge in [-0.1, -0.05) is 49.9 Å². The topological polar surface area (TPSA) is 131 Å². The Kier molecular flexibility index (Phi) is 4.16. The molecule has 2 aromatic rings. The molecule has 5 rings (SSSR count). The summed E-state index contributed by atoms with van der Waals surface area (Å²) in [5, 5.41) is 16.8. The molecule has 2 aromatic carbocycles. The maximum Gasteiger partial charge on any atom is 0.279 e. The number of ether oxygens (including phenoxy) is 1. The number of carbonyl (C=O) groups is 3. The Morgan fingerprint density at radius 1 is 1.29 bits per heavy atom. The highest BCUT2D eigenvalue weighted by Crippen LogP contribution is 2.59. The van der Waals surface area contributed by atoms with E-state index in [2.05, 4.69) is 10.6 Å². The summed E-state index contributed by atoms with van der Waals surface area (Å²) in [5.41, 5.74) is 5.99. The van der Waals surface area contributed by atoms with Gasteiger partial charge in [0.25, 0.3) is 11.0 Å². The van der Waals surface area contributed by atoms with Crippen LogP contribution in [0.15, 0.2) is 36.4 Å². The van der Waals surface area contributed by atoms with Gasteiger partial charge >= 0.3 is 0 Å². The molecule has 160 valence electrons. The van der Waals surface area contributed by atoms with E-state index in [0.29, 0.717) is 11.3 Å². The van der Waals surface area contributed by atoms with Crippen molar-refractivity contribution in [2.24, 2.45) is 0 Å². The van der Waals surface area contributed by atoms with E-state index in [1.807, 2.05) is 19.9 Å². The fourth-order valence-corrected chi connectivity index (χ4v) is 5.32. The first kappa shape index (κ1) is 19.9. The third-order valence-electron chi connectivity index (χ3n) is 6.17. The number of benzene rings is 2. The Morgan fingerprint density at radius 2 is 2.06 bits per heavy atom. The van der Waals surface area contributed by atoms with Gasteiger partial charge in [0, 0.05) is 22.6 Å². The molecule has 31 heavy (non-hydrogen) atoms. The number of nitrogens with two attached hydrogens (primary N) is 1. The van der Waals surface area contributed by atoms with Crippen LogP contribution in [0.4, 0.5) is 10.5 Å². The van der Waals surface area contributed by atoms with E-state index < -0.39 is 29.1 Å². The number of anilines is 1. The minimum absolute atomic E-state index is 0.119. The SMILES string of the molecule is CC(C)c1ccc2c(c1)OC1(O)c3cccc(N)c3C(=O)C21NC(=O)[C@@H]1CSC(=O)N1. The van der Waals surface area contributed by atoms with Crippen LogP contribution in [0.3, 0.4) is 0 Å². The molecule has 0 saturated carbocycles. The van der Waals surface area contributed by atoms with Crippen LogP contribution in [0.2, 0.25) is 0 Å². The highest BCUT2D eigenvalue weighted by Gasteiger charge is 2.72.